The highest BCUT2D eigenvalue weighted by Gasteiger charge is 2.22. The van der Waals surface area contributed by atoms with Gasteiger partial charge in [-0.15, -0.1) is 0 Å². The maximum atomic E-state index is 13.7. The van der Waals surface area contributed by atoms with Crippen LogP contribution in [0.3, 0.4) is 0 Å². The number of nitrogens with zero attached hydrogens (tertiary/aromatic N) is 4. The zero-order valence-electron chi connectivity index (χ0n) is 22.7. The SMILES string of the molecule is O=C(COc1c(C=Nn2c(-c3cc4cc(Cl)ccc4o3)nc3ccccc3c2=O)cc(Br)cc1[N+](=O)[O-])Nc1ccc(F)cc1. The first-order chi connectivity index (χ1) is 21.7. The van der Waals surface area contributed by atoms with E-state index < -0.39 is 34.5 Å². The Bertz CT molecular complexity index is 2220. The van der Waals surface area contributed by atoms with Gasteiger partial charge in [0.1, 0.15) is 11.4 Å². The van der Waals surface area contributed by atoms with Gasteiger partial charge in [-0.1, -0.05) is 39.7 Å². The molecule has 6 rings (SSSR count). The van der Waals surface area contributed by atoms with E-state index in [9.17, 15) is 24.1 Å². The second-order valence-electron chi connectivity index (χ2n) is 9.55. The fourth-order valence-corrected chi connectivity index (χ4v) is 5.14. The Morgan fingerprint density at radius 1 is 1.13 bits per heavy atom. The Morgan fingerprint density at radius 2 is 1.91 bits per heavy atom. The van der Waals surface area contributed by atoms with Crippen LogP contribution in [0.2, 0.25) is 5.02 Å². The lowest BCUT2D eigenvalue weighted by Crippen LogP contribution is -2.21. The van der Waals surface area contributed by atoms with Crippen LogP contribution < -0.4 is 15.6 Å². The number of aromatic nitrogens is 2. The summed E-state index contributed by atoms with van der Waals surface area (Å²) in [5.41, 5.74) is 0.296. The summed E-state index contributed by atoms with van der Waals surface area (Å²) in [5, 5.41) is 20.3. The quantitative estimate of drug-likeness (QED) is 0.101. The number of amides is 1. The van der Waals surface area contributed by atoms with Gasteiger partial charge in [0.2, 0.25) is 11.6 Å². The number of nitro groups is 1. The van der Waals surface area contributed by atoms with E-state index in [4.69, 9.17) is 20.8 Å². The molecule has 11 nitrogen and oxygen atoms in total. The Hall–Kier alpha value is -5.40. The van der Waals surface area contributed by atoms with Crippen LogP contribution in [-0.2, 0) is 4.79 Å². The number of carbonyl (C=O) groups excluding carboxylic acids is 1. The third kappa shape index (κ3) is 6.30. The van der Waals surface area contributed by atoms with Gasteiger partial charge in [-0.25, -0.2) is 9.37 Å². The molecule has 45 heavy (non-hydrogen) atoms. The van der Waals surface area contributed by atoms with Crippen molar-refractivity contribution in [1.82, 2.24) is 9.66 Å². The first-order valence-electron chi connectivity index (χ1n) is 13.1. The summed E-state index contributed by atoms with van der Waals surface area (Å²) < 4.78 is 26.2. The highest BCUT2D eigenvalue weighted by molar-refractivity contribution is 9.10. The molecule has 6 aromatic rings. The Balaban J connectivity index is 1.42. The van der Waals surface area contributed by atoms with Crippen molar-refractivity contribution in [2.24, 2.45) is 5.10 Å². The smallest absolute Gasteiger partial charge is 0.312 e. The van der Waals surface area contributed by atoms with Gasteiger partial charge in [-0.3, -0.25) is 19.7 Å². The summed E-state index contributed by atoms with van der Waals surface area (Å²) in [4.78, 5) is 42.1. The molecule has 0 fully saturated rings. The lowest BCUT2D eigenvalue weighted by Gasteiger charge is -2.11. The summed E-state index contributed by atoms with van der Waals surface area (Å²) in [6, 6.07) is 21.2. The molecule has 0 atom stereocenters. The van der Waals surface area contributed by atoms with Crippen molar-refractivity contribution >= 4 is 72.9 Å². The number of carbonyl (C=O) groups is 1. The number of nitrogens with one attached hydrogen (secondary N) is 1. The first kappa shape index (κ1) is 29.7. The van der Waals surface area contributed by atoms with E-state index in [1.807, 2.05) is 0 Å². The van der Waals surface area contributed by atoms with Crippen LogP contribution in [0.25, 0.3) is 33.5 Å². The van der Waals surface area contributed by atoms with E-state index >= 15 is 0 Å². The number of nitro benzene ring substituents is 1. The van der Waals surface area contributed by atoms with E-state index in [0.29, 0.717) is 31.7 Å². The van der Waals surface area contributed by atoms with Gasteiger partial charge in [0.15, 0.2) is 12.4 Å². The van der Waals surface area contributed by atoms with Crippen molar-refractivity contribution in [1.29, 1.82) is 0 Å². The van der Waals surface area contributed by atoms with Gasteiger partial charge in [-0.05, 0) is 66.7 Å². The average molecular weight is 691 g/mol. The molecular formula is C31H18BrClFN5O6. The van der Waals surface area contributed by atoms with Crippen molar-refractivity contribution in [3.05, 3.63) is 126 Å². The van der Waals surface area contributed by atoms with Gasteiger partial charge < -0.3 is 14.5 Å². The minimum atomic E-state index is -0.677. The molecule has 1 N–H and O–H groups in total. The van der Waals surface area contributed by atoms with Gasteiger partial charge in [0.05, 0.1) is 22.0 Å². The number of hydrogen-bond acceptors (Lipinski definition) is 8. The lowest BCUT2D eigenvalue weighted by atomic mass is 10.2. The summed E-state index contributed by atoms with van der Waals surface area (Å²) in [5.74, 6) is -1.12. The number of fused-ring (bicyclic) bond motifs is 2. The molecule has 224 valence electrons. The van der Waals surface area contributed by atoms with Crippen molar-refractivity contribution in [2.75, 3.05) is 11.9 Å². The molecule has 4 aromatic carbocycles. The monoisotopic (exact) mass is 689 g/mol. The highest BCUT2D eigenvalue weighted by Crippen LogP contribution is 2.34. The van der Waals surface area contributed by atoms with E-state index in [1.54, 1.807) is 48.5 Å². The molecule has 0 saturated heterocycles. The molecule has 0 radical (unpaired) electrons. The molecule has 0 saturated carbocycles. The van der Waals surface area contributed by atoms with E-state index in [0.717, 1.165) is 4.68 Å². The number of hydrogen-bond donors (Lipinski definition) is 1. The fraction of sp³-hybridized carbons (Fsp3) is 0.0323. The number of furan rings is 1. The largest absolute Gasteiger partial charge is 0.476 e. The maximum Gasteiger partial charge on any atom is 0.312 e. The van der Waals surface area contributed by atoms with Crippen molar-refractivity contribution in [2.45, 2.75) is 0 Å². The molecule has 0 aliphatic rings. The molecule has 2 heterocycles. The van der Waals surface area contributed by atoms with Gasteiger partial charge >= 0.3 is 5.69 Å². The Kier molecular flexibility index (Phi) is 8.11. The van der Waals surface area contributed by atoms with Crippen molar-refractivity contribution in [3.8, 4) is 17.3 Å². The Morgan fingerprint density at radius 3 is 2.69 bits per heavy atom. The highest BCUT2D eigenvalue weighted by atomic mass is 79.9. The molecule has 2 aromatic heterocycles. The molecule has 0 aliphatic carbocycles. The zero-order valence-corrected chi connectivity index (χ0v) is 25.1. The van der Waals surface area contributed by atoms with E-state index in [-0.39, 0.29) is 28.3 Å². The van der Waals surface area contributed by atoms with E-state index in [1.165, 1.54) is 42.6 Å². The normalized spacial score (nSPS) is 11.4. The summed E-state index contributed by atoms with van der Waals surface area (Å²) in [6.07, 6.45) is 1.19. The second kappa shape index (κ2) is 12.3. The third-order valence-electron chi connectivity index (χ3n) is 6.50. The zero-order chi connectivity index (χ0) is 31.7. The Labute approximate surface area is 265 Å². The van der Waals surface area contributed by atoms with Gasteiger partial charge in [0.25, 0.3) is 11.5 Å². The molecule has 0 unspecified atom stereocenters. The van der Waals surface area contributed by atoms with Gasteiger partial charge in [0, 0.05) is 32.2 Å². The number of para-hydroxylation sites is 1. The standard InChI is InChI=1S/C31H18BrClFN5O6/c32-19-11-18(29(25(14-19)39(42)43)44-16-28(40)36-22-8-6-21(34)7-9-22)15-35-38-30(37-24-4-2-1-3-23(24)31(38)41)27-13-17-12-20(33)5-10-26(17)45-27/h1-15H,16H2,(H,36,40). The minimum Gasteiger partial charge on any atom is -0.476 e. The third-order valence-corrected chi connectivity index (χ3v) is 7.19. The fourth-order valence-electron chi connectivity index (χ4n) is 4.49. The van der Waals surface area contributed by atoms with Crippen LogP contribution in [0, 0.1) is 15.9 Å². The van der Waals surface area contributed by atoms with Crippen LogP contribution in [0.1, 0.15) is 5.56 Å². The van der Waals surface area contributed by atoms with Crippen LogP contribution in [0.5, 0.6) is 5.75 Å². The predicted molar refractivity (Wildman–Crippen MR) is 171 cm³/mol. The predicted octanol–water partition coefficient (Wildman–Crippen LogP) is 7.17. The number of rotatable bonds is 8. The van der Waals surface area contributed by atoms with Crippen LogP contribution in [0.4, 0.5) is 15.8 Å². The first-order valence-corrected chi connectivity index (χ1v) is 14.2. The maximum absolute atomic E-state index is 13.7. The molecule has 0 spiro atoms. The van der Waals surface area contributed by atoms with Crippen LogP contribution in [0.15, 0.2) is 104 Å². The lowest BCUT2D eigenvalue weighted by molar-refractivity contribution is -0.385. The number of ether oxygens (including phenoxy) is 1. The summed E-state index contributed by atoms with van der Waals surface area (Å²) in [6.45, 7) is -0.620. The number of anilines is 1. The molecule has 0 aliphatic heterocycles. The molecule has 0 bridgehead atoms. The van der Waals surface area contributed by atoms with Crippen molar-refractivity contribution in [3.63, 3.8) is 0 Å². The van der Waals surface area contributed by atoms with Crippen LogP contribution in [-0.4, -0.2) is 33.3 Å². The molecule has 14 heteroatoms. The summed E-state index contributed by atoms with van der Waals surface area (Å²) >= 11 is 9.40. The molecular weight excluding hydrogens is 673 g/mol. The van der Waals surface area contributed by atoms with Gasteiger partial charge in [-0.2, -0.15) is 9.78 Å². The van der Waals surface area contributed by atoms with E-state index in [2.05, 4.69) is 31.3 Å². The summed E-state index contributed by atoms with van der Waals surface area (Å²) in [7, 11) is 0. The average Bonchev–Trinajstić information content (AvgIpc) is 3.44. The minimum absolute atomic E-state index is 0.0629. The number of benzene rings is 4. The van der Waals surface area contributed by atoms with Crippen molar-refractivity contribution < 1.29 is 23.3 Å². The second-order valence-corrected chi connectivity index (χ2v) is 10.9. The molecule has 1 amide bonds. The number of halogens is 3. The van der Waals surface area contributed by atoms with Crippen LogP contribution >= 0.6 is 27.5 Å². The topological polar surface area (TPSA) is 142 Å².